The molecule has 0 bridgehead atoms. The van der Waals surface area contributed by atoms with Gasteiger partial charge in [-0.2, -0.15) is 0 Å². The number of halogens is 1. The highest BCUT2D eigenvalue weighted by atomic mass is 19.1. The molecule has 6 heteroatoms. The molecule has 0 aliphatic carbocycles. The third kappa shape index (κ3) is 4.85. The van der Waals surface area contributed by atoms with E-state index in [0.717, 1.165) is 59.8 Å². The Morgan fingerprint density at radius 2 is 1.70 bits per heavy atom. The Balaban J connectivity index is 1.23. The van der Waals surface area contributed by atoms with Gasteiger partial charge in [-0.15, -0.1) is 0 Å². The fourth-order valence-corrected chi connectivity index (χ4v) is 4.62. The highest BCUT2D eigenvalue weighted by Crippen LogP contribution is 2.32. The molecule has 170 valence electrons. The topological polar surface area (TPSA) is 51.7 Å². The Bertz CT molecular complexity index is 1150. The summed E-state index contributed by atoms with van der Waals surface area (Å²) in [6, 6.07) is 16.4. The van der Waals surface area contributed by atoms with Crippen LogP contribution in [0.25, 0.3) is 11.1 Å². The first-order valence-corrected chi connectivity index (χ1v) is 11.5. The molecular formula is C27H27FN2O3. The highest BCUT2D eigenvalue weighted by Gasteiger charge is 2.25. The summed E-state index contributed by atoms with van der Waals surface area (Å²) in [5.74, 6) is 1.66. The molecule has 0 radical (unpaired) electrons. The van der Waals surface area contributed by atoms with Crippen LogP contribution in [0.1, 0.15) is 35.7 Å². The van der Waals surface area contributed by atoms with Gasteiger partial charge in [-0.1, -0.05) is 18.2 Å². The Kier molecular flexibility index (Phi) is 5.99. The summed E-state index contributed by atoms with van der Waals surface area (Å²) in [4.78, 5) is 19.6. The Hall–Kier alpha value is -3.41. The first kappa shape index (κ1) is 21.4. The van der Waals surface area contributed by atoms with Gasteiger partial charge in [0, 0.05) is 30.4 Å². The van der Waals surface area contributed by atoms with Crippen LogP contribution in [-0.2, 0) is 11.2 Å². The number of carbonyl (C=O) groups is 1. The quantitative estimate of drug-likeness (QED) is 0.571. The van der Waals surface area contributed by atoms with Crippen molar-refractivity contribution in [2.45, 2.75) is 32.1 Å². The third-order valence-corrected chi connectivity index (χ3v) is 6.38. The van der Waals surface area contributed by atoms with Crippen LogP contribution in [0.5, 0.6) is 11.5 Å². The number of piperidine rings is 1. The molecule has 5 nitrogen and oxygen atoms in total. The number of aromatic nitrogens is 1. The number of benzene rings is 2. The van der Waals surface area contributed by atoms with Crippen molar-refractivity contribution in [3.8, 4) is 22.6 Å². The molecule has 0 atom stereocenters. The lowest BCUT2D eigenvalue weighted by molar-refractivity contribution is -0.131. The first-order valence-electron chi connectivity index (χ1n) is 11.5. The molecule has 3 heterocycles. The van der Waals surface area contributed by atoms with Gasteiger partial charge in [0.15, 0.2) is 11.5 Å². The highest BCUT2D eigenvalue weighted by molar-refractivity contribution is 5.79. The number of aryl methyl sites for hydroxylation is 1. The summed E-state index contributed by atoms with van der Waals surface area (Å²) >= 11 is 0. The van der Waals surface area contributed by atoms with Crippen molar-refractivity contribution in [3.05, 3.63) is 77.4 Å². The fourth-order valence-electron chi connectivity index (χ4n) is 4.62. The molecule has 2 aliphatic rings. The van der Waals surface area contributed by atoms with E-state index in [-0.39, 0.29) is 11.7 Å². The summed E-state index contributed by atoms with van der Waals surface area (Å²) in [6.45, 7) is 4.52. The summed E-state index contributed by atoms with van der Waals surface area (Å²) in [7, 11) is 0. The van der Waals surface area contributed by atoms with E-state index in [1.807, 2.05) is 36.1 Å². The molecule has 2 aromatic carbocycles. The van der Waals surface area contributed by atoms with Crippen molar-refractivity contribution in [1.82, 2.24) is 9.88 Å². The molecule has 1 amide bonds. The maximum Gasteiger partial charge on any atom is 0.226 e. The number of ether oxygens (including phenoxy) is 2. The van der Waals surface area contributed by atoms with E-state index in [4.69, 9.17) is 14.5 Å². The molecule has 1 saturated heterocycles. The number of pyridine rings is 1. The van der Waals surface area contributed by atoms with E-state index >= 15 is 0 Å². The average Bonchev–Trinajstić information content (AvgIpc) is 2.84. The lowest BCUT2D eigenvalue weighted by Gasteiger charge is -2.32. The van der Waals surface area contributed by atoms with Crippen molar-refractivity contribution in [2.24, 2.45) is 0 Å². The van der Waals surface area contributed by atoms with Gasteiger partial charge in [-0.05, 0) is 72.9 Å². The number of amides is 1. The van der Waals surface area contributed by atoms with Crippen molar-refractivity contribution >= 4 is 5.91 Å². The summed E-state index contributed by atoms with van der Waals surface area (Å²) in [5, 5.41) is 0. The van der Waals surface area contributed by atoms with E-state index in [0.29, 0.717) is 31.3 Å². The predicted octanol–water partition coefficient (Wildman–Crippen LogP) is 4.92. The number of nitrogens with zero attached hydrogens (tertiary/aromatic N) is 2. The van der Waals surface area contributed by atoms with Crippen molar-refractivity contribution < 1.29 is 18.7 Å². The second kappa shape index (κ2) is 9.22. The minimum Gasteiger partial charge on any atom is -0.486 e. The van der Waals surface area contributed by atoms with Gasteiger partial charge in [0.1, 0.15) is 19.0 Å². The van der Waals surface area contributed by atoms with E-state index < -0.39 is 0 Å². The van der Waals surface area contributed by atoms with Gasteiger partial charge in [-0.25, -0.2) is 4.39 Å². The van der Waals surface area contributed by atoms with E-state index in [1.54, 1.807) is 12.1 Å². The molecule has 0 spiro atoms. The lowest BCUT2D eigenvalue weighted by Crippen LogP contribution is -2.39. The van der Waals surface area contributed by atoms with Crippen LogP contribution in [-0.4, -0.2) is 42.1 Å². The molecule has 1 aromatic heterocycles. The van der Waals surface area contributed by atoms with Crippen LogP contribution < -0.4 is 9.47 Å². The van der Waals surface area contributed by atoms with E-state index in [2.05, 4.69) is 6.07 Å². The Morgan fingerprint density at radius 3 is 2.45 bits per heavy atom. The lowest BCUT2D eigenvalue weighted by atomic mass is 9.91. The summed E-state index contributed by atoms with van der Waals surface area (Å²) < 4.78 is 24.5. The predicted molar refractivity (Wildman–Crippen MR) is 124 cm³/mol. The maximum absolute atomic E-state index is 13.3. The second-order valence-corrected chi connectivity index (χ2v) is 8.74. The van der Waals surface area contributed by atoms with Crippen molar-refractivity contribution in [1.29, 1.82) is 0 Å². The normalized spacial score (nSPS) is 16.0. The molecule has 1 fully saturated rings. The standard InChI is InChI=1S/C27H27FN2O3/c1-18-14-22(20-3-5-23(28)6-4-20)17-24(29-18)21-8-10-30(11-9-21)27(31)16-19-2-7-25-26(15-19)33-13-12-32-25/h2-7,14-15,17,21H,8-13,16H2,1H3. The van der Waals surface area contributed by atoms with Crippen LogP contribution in [0.4, 0.5) is 4.39 Å². The van der Waals surface area contributed by atoms with Gasteiger partial charge in [0.25, 0.3) is 0 Å². The number of hydrogen-bond acceptors (Lipinski definition) is 4. The molecule has 0 saturated carbocycles. The molecule has 3 aromatic rings. The Labute approximate surface area is 193 Å². The number of carbonyl (C=O) groups excluding carboxylic acids is 1. The average molecular weight is 447 g/mol. The minimum absolute atomic E-state index is 0.134. The SMILES string of the molecule is Cc1cc(-c2ccc(F)cc2)cc(C2CCN(C(=O)Cc3ccc4c(c3)OCCO4)CC2)n1. The van der Waals surface area contributed by atoms with Crippen LogP contribution in [0.3, 0.4) is 0 Å². The van der Waals surface area contributed by atoms with Crippen LogP contribution in [0.15, 0.2) is 54.6 Å². The molecule has 0 unspecified atom stereocenters. The monoisotopic (exact) mass is 446 g/mol. The molecule has 5 rings (SSSR count). The van der Waals surface area contributed by atoms with Crippen molar-refractivity contribution in [3.63, 3.8) is 0 Å². The summed E-state index contributed by atoms with van der Waals surface area (Å²) in [5.41, 5.74) is 4.97. The van der Waals surface area contributed by atoms with E-state index in [9.17, 15) is 9.18 Å². The zero-order valence-electron chi connectivity index (χ0n) is 18.7. The maximum atomic E-state index is 13.3. The van der Waals surface area contributed by atoms with Gasteiger partial charge in [0.2, 0.25) is 5.91 Å². The second-order valence-electron chi connectivity index (χ2n) is 8.74. The number of likely N-dealkylation sites (tertiary alicyclic amines) is 1. The third-order valence-electron chi connectivity index (χ3n) is 6.38. The van der Waals surface area contributed by atoms with Gasteiger partial charge in [-0.3, -0.25) is 9.78 Å². The molecule has 0 N–H and O–H groups in total. The Morgan fingerprint density at radius 1 is 0.970 bits per heavy atom. The molecular weight excluding hydrogens is 419 g/mol. The van der Waals surface area contributed by atoms with Gasteiger partial charge >= 0.3 is 0 Å². The van der Waals surface area contributed by atoms with Crippen molar-refractivity contribution in [2.75, 3.05) is 26.3 Å². The van der Waals surface area contributed by atoms with Crippen LogP contribution >= 0.6 is 0 Å². The zero-order valence-corrected chi connectivity index (χ0v) is 18.7. The van der Waals surface area contributed by atoms with E-state index in [1.165, 1.54) is 12.1 Å². The number of rotatable bonds is 4. The largest absolute Gasteiger partial charge is 0.486 e. The van der Waals surface area contributed by atoms with Gasteiger partial charge in [0.05, 0.1) is 6.42 Å². The summed E-state index contributed by atoms with van der Waals surface area (Å²) in [6.07, 6.45) is 2.12. The first-order chi connectivity index (χ1) is 16.0. The van der Waals surface area contributed by atoms with Gasteiger partial charge < -0.3 is 14.4 Å². The zero-order chi connectivity index (χ0) is 22.8. The minimum atomic E-state index is -0.238. The van der Waals surface area contributed by atoms with Crippen LogP contribution in [0.2, 0.25) is 0 Å². The number of hydrogen-bond donors (Lipinski definition) is 0. The molecule has 33 heavy (non-hydrogen) atoms. The van der Waals surface area contributed by atoms with Crippen LogP contribution in [0, 0.1) is 12.7 Å². The fraction of sp³-hybridized carbons (Fsp3) is 0.333. The molecule has 2 aliphatic heterocycles. The smallest absolute Gasteiger partial charge is 0.226 e. The number of fused-ring (bicyclic) bond motifs is 1.